The lowest BCUT2D eigenvalue weighted by molar-refractivity contribution is -0.140. The van der Waals surface area contributed by atoms with Gasteiger partial charge in [-0.3, -0.25) is 0 Å². The van der Waals surface area contributed by atoms with Gasteiger partial charge in [0.2, 0.25) is 0 Å². The zero-order valence-electron chi connectivity index (χ0n) is 8.73. The summed E-state index contributed by atoms with van der Waals surface area (Å²) in [4.78, 5) is 0. The maximum Gasteiger partial charge on any atom is 0.390 e. The van der Waals surface area contributed by atoms with E-state index in [4.69, 9.17) is 0 Å². The van der Waals surface area contributed by atoms with Crippen LogP contribution in [0.1, 0.15) is 23.6 Å². The van der Waals surface area contributed by atoms with Crippen LogP contribution in [0.25, 0.3) is 0 Å². The minimum Gasteiger partial charge on any atom is -0.313 e. The average molecular weight is 217 g/mol. The van der Waals surface area contributed by atoms with E-state index in [0.29, 0.717) is 5.56 Å². The van der Waals surface area contributed by atoms with Crippen LogP contribution in [0.5, 0.6) is 0 Å². The molecule has 0 aliphatic heterocycles. The summed E-state index contributed by atoms with van der Waals surface area (Å²) in [6.07, 6.45) is -4.98. The molecule has 0 aromatic heterocycles. The van der Waals surface area contributed by atoms with E-state index in [-0.39, 0.29) is 0 Å². The van der Waals surface area contributed by atoms with E-state index in [0.717, 1.165) is 5.56 Å². The summed E-state index contributed by atoms with van der Waals surface area (Å²) in [5.41, 5.74) is 1.58. The Labute approximate surface area is 87.3 Å². The zero-order chi connectivity index (χ0) is 11.5. The summed E-state index contributed by atoms with van der Waals surface area (Å²) in [5.74, 6) is 0. The number of rotatable bonds is 3. The van der Waals surface area contributed by atoms with Gasteiger partial charge in [-0.2, -0.15) is 13.2 Å². The molecule has 1 aromatic rings. The molecule has 0 spiro atoms. The Hall–Kier alpha value is -1.03. The number of halogens is 3. The quantitative estimate of drug-likeness (QED) is 0.819. The Bertz CT molecular complexity index is 320. The van der Waals surface area contributed by atoms with Crippen molar-refractivity contribution in [1.82, 2.24) is 5.32 Å². The molecule has 15 heavy (non-hydrogen) atoms. The molecule has 0 saturated heterocycles. The maximum absolute atomic E-state index is 12.3. The van der Waals surface area contributed by atoms with Crippen molar-refractivity contribution in [2.45, 2.75) is 25.6 Å². The molecule has 1 N–H and O–H groups in total. The first-order valence-electron chi connectivity index (χ1n) is 4.73. The van der Waals surface area contributed by atoms with Crippen LogP contribution in [0.3, 0.4) is 0 Å². The lowest BCUT2D eigenvalue weighted by Gasteiger charge is -2.20. The summed E-state index contributed by atoms with van der Waals surface area (Å²) >= 11 is 0. The molecule has 0 radical (unpaired) electrons. The van der Waals surface area contributed by atoms with Gasteiger partial charge in [0.15, 0.2) is 0 Å². The summed E-state index contributed by atoms with van der Waals surface area (Å²) in [6, 6.07) is 6.45. The monoisotopic (exact) mass is 217 g/mol. The van der Waals surface area contributed by atoms with Gasteiger partial charge in [-0.05, 0) is 25.1 Å². The molecule has 0 aliphatic rings. The largest absolute Gasteiger partial charge is 0.390 e. The Balaban J connectivity index is 2.88. The first-order valence-corrected chi connectivity index (χ1v) is 4.73. The van der Waals surface area contributed by atoms with Gasteiger partial charge in [-0.1, -0.05) is 24.3 Å². The molecule has 1 atom stereocenters. The first-order chi connectivity index (χ1) is 6.94. The highest BCUT2D eigenvalue weighted by molar-refractivity contribution is 5.28. The normalized spacial score (nSPS) is 13.9. The van der Waals surface area contributed by atoms with E-state index < -0.39 is 18.6 Å². The fourth-order valence-electron chi connectivity index (χ4n) is 1.58. The fraction of sp³-hybridized carbons (Fsp3) is 0.455. The van der Waals surface area contributed by atoms with Crippen LogP contribution in [-0.2, 0) is 0 Å². The van der Waals surface area contributed by atoms with Crippen molar-refractivity contribution in [3.8, 4) is 0 Å². The van der Waals surface area contributed by atoms with Crippen molar-refractivity contribution < 1.29 is 13.2 Å². The van der Waals surface area contributed by atoms with E-state index in [1.165, 1.54) is 0 Å². The van der Waals surface area contributed by atoms with Crippen molar-refractivity contribution in [3.05, 3.63) is 35.4 Å². The lowest BCUT2D eigenvalue weighted by atomic mass is 9.99. The van der Waals surface area contributed by atoms with Crippen molar-refractivity contribution in [2.24, 2.45) is 0 Å². The lowest BCUT2D eigenvalue weighted by Crippen LogP contribution is -2.24. The van der Waals surface area contributed by atoms with Gasteiger partial charge in [0.05, 0.1) is 6.42 Å². The van der Waals surface area contributed by atoms with Gasteiger partial charge >= 0.3 is 6.18 Å². The molecular formula is C11H14F3N. The van der Waals surface area contributed by atoms with E-state index in [1.54, 1.807) is 19.2 Å². The predicted molar refractivity (Wildman–Crippen MR) is 53.7 cm³/mol. The van der Waals surface area contributed by atoms with Gasteiger partial charge < -0.3 is 5.32 Å². The standard InChI is InChI=1S/C11H14F3N/c1-8-5-3-4-6-9(8)10(15-2)7-11(12,13)14/h3-6,10,15H,7H2,1-2H3. The van der Waals surface area contributed by atoms with E-state index in [9.17, 15) is 13.2 Å². The Morgan fingerprint density at radius 2 is 1.87 bits per heavy atom. The maximum atomic E-state index is 12.3. The fourth-order valence-corrected chi connectivity index (χ4v) is 1.58. The second-order valence-corrected chi connectivity index (χ2v) is 3.52. The third kappa shape index (κ3) is 3.55. The molecule has 1 nitrogen and oxygen atoms in total. The Morgan fingerprint density at radius 3 is 2.33 bits per heavy atom. The topological polar surface area (TPSA) is 12.0 Å². The van der Waals surface area contributed by atoms with Gasteiger partial charge in [0, 0.05) is 6.04 Å². The van der Waals surface area contributed by atoms with Crippen molar-refractivity contribution >= 4 is 0 Å². The number of hydrogen-bond donors (Lipinski definition) is 1. The SMILES string of the molecule is CNC(CC(F)(F)F)c1ccccc1C. The second kappa shape index (κ2) is 4.66. The number of nitrogens with one attached hydrogen (secondary N) is 1. The summed E-state index contributed by atoms with van der Waals surface area (Å²) in [7, 11) is 1.54. The smallest absolute Gasteiger partial charge is 0.313 e. The third-order valence-corrected chi connectivity index (χ3v) is 2.35. The molecule has 0 amide bonds. The summed E-state index contributed by atoms with van der Waals surface area (Å²) in [6.45, 7) is 1.82. The molecule has 84 valence electrons. The van der Waals surface area contributed by atoms with Crippen LogP contribution in [0.4, 0.5) is 13.2 Å². The molecule has 0 fully saturated rings. The van der Waals surface area contributed by atoms with Crippen LogP contribution in [-0.4, -0.2) is 13.2 Å². The summed E-state index contributed by atoms with van der Waals surface area (Å²) < 4.78 is 36.8. The van der Waals surface area contributed by atoms with Gasteiger partial charge in [0.25, 0.3) is 0 Å². The Kier molecular flexibility index (Phi) is 3.74. The molecule has 0 saturated carbocycles. The highest BCUT2D eigenvalue weighted by Crippen LogP contribution is 2.30. The molecule has 1 unspecified atom stereocenters. The van der Waals surface area contributed by atoms with Gasteiger partial charge in [0.1, 0.15) is 0 Å². The van der Waals surface area contributed by atoms with Gasteiger partial charge in [-0.15, -0.1) is 0 Å². The molecule has 1 aromatic carbocycles. The van der Waals surface area contributed by atoms with Crippen LogP contribution in [0.2, 0.25) is 0 Å². The van der Waals surface area contributed by atoms with E-state index in [1.807, 2.05) is 19.1 Å². The van der Waals surface area contributed by atoms with Crippen molar-refractivity contribution in [2.75, 3.05) is 7.05 Å². The van der Waals surface area contributed by atoms with Crippen molar-refractivity contribution in [3.63, 3.8) is 0 Å². The number of hydrogen-bond acceptors (Lipinski definition) is 1. The first kappa shape index (κ1) is 12.0. The summed E-state index contributed by atoms with van der Waals surface area (Å²) in [5, 5.41) is 2.70. The van der Waals surface area contributed by atoms with Gasteiger partial charge in [-0.25, -0.2) is 0 Å². The zero-order valence-corrected chi connectivity index (χ0v) is 8.73. The van der Waals surface area contributed by atoms with Crippen LogP contribution < -0.4 is 5.32 Å². The molecule has 4 heteroatoms. The number of benzene rings is 1. The number of aryl methyl sites for hydroxylation is 1. The van der Waals surface area contributed by atoms with Crippen molar-refractivity contribution in [1.29, 1.82) is 0 Å². The predicted octanol–water partition coefficient (Wildman–Crippen LogP) is 3.21. The molecule has 0 aliphatic carbocycles. The molecular weight excluding hydrogens is 203 g/mol. The van der Waals surface area contributed by atoms with E-state index >= 15 is 0 Å². The third-order valence-electron chi connectivity index (χ3n) is 2.35. The van der Waals surface area contributed by atoms with E-state index in [2.05, 4.69) is 5.32 Å². The minimum absolute atomic E-state index is 0.661. The minimum atomic E-state index is -4.14. The second-order valence-electron chi connectivity index (χ2n) is 3.52. The average Bonchev–Trinajstić information content (AvgIpc) is 2.14. The Morgan fingerprint density at radius 1 is 1.27 bits per heavy atom. The van der Waals surface area contributed by atoms with Crippen LogP contribution >= 0.6 is 0 Å². The molecule has 1 rings (SSSR count). The highest BCUT2D eigenvalue weighted by atomic mass is 19.4. The van der Waals surface area contributed by atoms with Crippen LogP contribution in [0, 0.1) is 6.92 Å². The molecule has 0 heterocycles. The molecule has 0 bridgehead atoms. The van der Waals surface area contributed by atoms with Crippen LogP contribution in [0.15, 0.2) is 24.3 Å². The highest BCUT2D eigenvalue weighted by Gasteiger charge is 2.32. The number of alkyl halides is 3.